The third kappa shape index (κ3) is 6.47. The molecule has 1 saturated heterocycles. The number of nitrogens with one attached hydrogen (secondary N) is 2. The van der Waals surface area contributed by atoms with Gasteiger partial charge in [0.05, 0.1) is 5.69 Å². The van der Waals surface area contributed by atoms with Crippen LogP contribution in [-0.4, -0.2) is 44.2 Å². The number of nitrogens with zero attached hydrogens (tertiary/aromatic N) is 1. The zero-order chi connectivity index (χ0) is 22.0. The van der Waals surface area contributed by atoms with Crippen molar-refractivity contribution in [1.29, 1.82) is 0 Å². The van der Waals surface area contributed by atoms with Crippen molar-refractivity contribution >= 4 is 5.69 Å². The van der Waals surface area contributed by atoms with Gasteiger partial charge in [-0.1, -0.05) is 60.7 Å². The van der Waals surface area contributed by atoms with E-state index >= 15 is 0 Å². The van der Waals surface area contributed by atoms with Gasteiger partial charge in [0.15, 0.2) is 0 Å². The second-order valence-electron chi connectivity index (χ2n) is 8.86. The first-order valence-electron chi connectivity index (χ1n) is 12.1. The van der Waals surface area contributed by atoms with E-state index in [2.05, 4.69) is 88.4 Å². The van der Waals surface area contributed by atoms with Gasteiger partial charge in [-0.25, -0.2) is 0 Å². The van der Waals surface area contributed by atoms with Gasteiger partial charge < -0.3 is 15.4 Å². The van der Waals surface area contributed by atoms with Crippen LogP contribution < -0.4 is 15.4 Å². The van der Waals surface area contributed by atoms with E-state index in [0.29, 0.717) is 6.04 Å². The molecule has 2 aromatic rings. The summed E-state index contributed by atoms with van der Waals surface area (Å²) < 4.78 is 6.57. The minimum absolute atomic E-state index is 0.0327. The van der Waals surface area contributed by atoms with Gasteiger partial charge in [0, 0.05) is 32.1 Å². The highest BCUT2D eigenvalue weighted by Gasteiger charge is 2.21. The maximum atomic E-state index is 6.57. The highest BCUT2D eigenvalue weighted by molar-refractivity contribution is 5.57. The molecule has 4 rings (SSSR count). The Bertz CT molecular complexity index is 885. The van der Waals surface area contributed by atoms with Gasteiger partial charge in [-0.05, 0) is 62.5 Å². The highest BCUT2D eigenvalue weighted by atomic mass is 16.5. The number of piperidine rings is 1. The second-order valence-corrected chi connectivity index (χ2v) is 8.86. The van der Waals surface area contributed by atoms with E-state index in [4.69, 9.17) is 4.74 Å². The van der Waals surface area contributed by atoms with Gasteiger partial charge in [-0.3, -0.25) is 4.90 Å². The van der Waals surface area contributed by atoms with Crippen molar-refractivity contribution in [2.24, 2.45) is 0 Å². The van der Waals surface area contributed by atoms with Crippen molar-refractivity contribution in [2.45, 2.75) is 44.2 Å². The predicted octanol–water partition coefficient (Wildman–Crippen LogP) is 5.57. The summed E-state index contributed by atoms with van der Waals surface area (Å²) in [5.41, 5.74) is 3.81. The Hall–Kier alpha value is -2.56. The average Bonchev–Trinajstić information content (AvgIpc) is 2.85. The van der Waals surface area contributed by atoms with Gasteiger partial charge in [0.25, 0.3) is 0 Å². The number of rotatable bonds is 10. The monoisotopic (exact) mass is 431 g/mol. The van der Waals surface area contributed by atoms with Crippen LogP contribution in [0.4, 0.5) is 5.69 Å². The van der Waals surface area contributed by atoms with Crippen molar-refractivity contribution in [3.05, 3.63) is 84.0 Å². The molecular formula is C28H37N3O. The van der Waals surface area contributed by atoms with Crippen LogP contribution >= 0.6 is 0 Å². The average molecular weight is 432 g/mol. The summed E-state index contributed by atoms with van der Waals surface area (Å²) in [5, 5.41) is 7.05. The number of likely N-dealkylation sites (tertiary alicyclic amines) is 1. The Labute approximate surface area is 193 Å². The molecule has 1 heterocycles. The van der Waals surface area contributed by atoms with Gasteiger partial charge in [0.2, 0.25) is 0 Å². The molecule has 0 radical (unpaired) electrons. The lowest BCUT2D eigenvalue weighted by molar-refractivity contribution is 0.195. The van der Waals surface area contributed by atoms with Crippen LogP contribution in [0.25, 0.3) is 0 Å². The minimum atomic E-state index is 0.0327. The van der Waals surface area contributed by atoms with Crippen molar-refractivity contribution in [2.75, 3.05) is 38.5 Å². The lowest BCUT2D eigenvalue weighted by atomic mass is 10.0. The molecule has 0 amide bonds. The summed E-state index contributed by atoms with van der Waals surface area (Å²) in [6.45, 7) is 4.29. The molecule has 170 valence electrons. The molecule has 2 N–H and O–H groups in total. The van der Waals surface area contributed by atoms with Crippen molar-refractivity contribution in [1.82, 2.24) is 10.2 Å². The smallest absolute Gasteiger partial charge is 0.143 e. The summed E-state index contributed by atoms with van der Waals surface area (Å²) in [6, 6.07) is 19.4. The summed E-state index contributed by atoms with van der Waals surface area (Å²) in [6.07, 6.45) is 12.7. The normalized spacial score (nSPS) is 18.2. The number of anilines is 1. The molecule has 32 heavy (non-hydrogen) atoms. The number of ether oxygens (including phenoxy) is 1. The summed E-state index contributed by atoms with van der Waals surface area (Å²) >= 11 is 0. The van der Waals surface area contributed by atoms with Crippen LogP contribution in [0.1, 0.15) is 43.8 Å². The first-order chi connectivity index (χ1) is 15.8. The van der Waals surface area contributed by atoms with Crippen LogP contribution in [0.3, 0.4) is 0 Å². The first-order valence-corrected chi connectivity index (χ1v) is 12.1. The second kappa shape index (κ2) is 11.9. The number of benzene rings is 2. The number of allylic oxidation sites excluding steroid dienone is 2. The van der Waals surface area contributed by atoms with Gasteiger partial charge in [0.1, 0.15) is 11.9 Å². The third-order valence-electron chi connectivity index (χ3n) is 6.41. The van der Waals surface area contributed by atoms with Crippen molar-refractivity contribution in [3.8, 4) is 5.75 Å². The molecule has 4 nitrogen and oxygen atoms in total. The lowest BCUT2D eigenvalue weighted by Crippen LogP contribution is -2.40. The molecule has 0 aromatic heterocycles. The molecule has 0 spiro atoms. The zero-order valence-corrected chi connectivity index (χ0v) is 19.3. The van der Waals surface area contributed by atoms with E-state index in [0.717, 1.165) is 56.9 Å². The molecule has 4 heteroatoms. The maximum Gasteiger partial charge on any atom is 0.143 e. The molecule has 0 saturated carbocycles. The van der Waals surface area contributed by atoms with E-state index in [9.17, 15) is 0 Å². The number of hydrogen-bond donors (Lipinski definition) is 2. The number of hydrogen-bond acceptors (Lipinski definition) is 4. The number of para-hydroxylation sites is 2. The summed E-state index contributed by atoms with van der Waals surface area (Å²) in [7, 11) is 1.99. The van der Waals surface area contributed by atoms with Crippen LogP contribution in [0, 0.1) is 0 Å². The molecule has 1 aliphatic carbocycles. The van der Waals surface area contributed by atoms with Crippen LogP contribution in [-0.2, 0) is 0 Å². The Balaban J connectivity index is 1.36. The Kier molecular flexibility index (Phi) is 8.41. The molecule has 1 atom stereocenters. The molecule has 0 bridgehead atoms. The summed E-state index contributed by atoms with van der Waals surface area (Å²) in [4.78, 5) is 2.59. The predicted molar refractivity (Wildman–Crippen MR) is 134 cm³/mol. The quantitative estimate of drug-likeness (QED) is 0.516. The standard InChI is InChI=1S/C28H37N3O/c1-29-19-16-27(24-12-6-3-7-13-24)32-28-15-9-8-14-26(28)30-25-17-20-31(21-18-25)22-23-10-4-2-5-11-23/h3-4,6-15,25,27,29-30H,2,5,16-22H2,1H3. The van der Waals surface area contributed by atoms with Gasteiger partial charge in [-0.2, -0.15) is 0 Å². The highest BCUT2D eigenvalue weighted by Crippen LogP contribution is 2.32. The van der Waals surface area contributed by atoms with Crippen LogP contribution in [0.2, 0.25) is 0 Å². The fourth-order valence-corrected chi connectivity index (χ4v) is 4.58. The molecule has 1 unspecified atom stereocenters. The van der Waals surface area contributed by atoms with Gasteiger partial charge >= 0.3 is 0 Å². The Morgan fingerprint density at radius 2 is 1.78 bits per heavy atom. The molecule has 1 aliphatic heterocycles. The first kappa shape index (κ1) is 22.6. The van der Waals surface area contributed by atoms with E-state index in [1.165, 1.54) is 24.0 Å². The molecular weight excluding hydrogens is 394 g/mol. The van der Waals surface area contributed by atoms with E-state index in [1.807, 2.05) is 7.05 Å². The van der Waals surface area contributed by atoms with Crippen molar-refractivity contribution in [3.63, 3.8) is 0 Å². The van der Waals surface area contributed by atoms with Crippen LogP contribution in [0.15, 0.2) is 78.4 Å². The fourth-order valence-electron chi connectivity index (χ4n) is 4.58. The fraction of sp³-hybridized carbons (Fsp3) is 0.429. The topological polar surface area (TPSA) is 36.5 Å². The van der Waals surface area contributed by atoms with E-state index in [1.54, 1.807) is 0 Å². The van der Waals surface area contributed by atoms with E-state index < -0.39 is 0 Å². The largest absolute Gasteiger partial charge is 0.484 e. The Morgan fingerprint density at radius 1 is 1.00 bits per heavy atom. The van der Waals surface area contributed by atoms with Crippen molar-refractivity contribution < 1.29 is 4.74 Å². The minimum Gasteiger partial charge on any atom is -0.484 e. The molecule has 2 aromatic carbocycles. The molecule has 1 fully saturated rings. The van der Waals surface area contributed by atoms with E-state index in [-0.39, 0.29) is 6.10 Å². The molecule has 2 aliphatic rings. The SMILES string of the molecule is CNCCC(Oc1ccccc1NC1CCN(CC2=CCCC=C2)CC1)c1ccccc1. The maximum absolute atomic E-state index is 6.57. The lowest BCUT2D eigenvalue weighted by Gasteiger charge is -2.33. The third-order valence-corrected chi connectivity index (χ3v) is 6.41. The summed E-state index contributed by atoms with van der Waals surface area (Å²) in [5.74, 6) is 0.942. The van der Waals surface area contributed by atoms with Crippen LogP contribution in [0.5, 0.6) is 5.75 Å². The zero-order valence-electron chi connectivity index (χ0n) is 19.3. The Morgan fingerprint density at radius 3 is 2.53 bits per heavy atom. The van der Waals surface area contributed by atoms with Gasteiger partial charge in [-0.15, -0.1) is 0 Å².